The van der Waals surface area contributed by atoms with Crippen molar-refractivity contribution in [2.45, 2.75) is 6.42 Å². The zero-order valence-corrected chi connectivity index (χ0v) is 14.9. The SMILES string of the molecule is O=C(NCCc1coc(-c2ccc(F)cc2)n1)Nc1cccc2cccnc12. The lowest BCUT2D eigenvalue weighted by molar-refractivity contribution is 0.252. The molecular formula is C21H17FN4O2. The minimum Gasteiger partial charge on any atom is -0.444 e. The van der Waals surface area contributed by atoms with Crippen molar-refractivity contribution in [2.24, 2.45) is 0 Å². The highest BCUT2D eigenvalue weighted by Crippen LogP contribution is 2.21. The highest BCUT2D eigenvalue weighted by Gasteiger charge is 2.09. The summed E-state index contributed by atoms with van der Waals surface area (Å²) in [5.74, 6) is 0.105. The molecular weight excluding hydrogens is 359 g/mol. The minimum atomic E-state index is -0.319. The fourth-order valence-electron chi connectivity index (χ4n) is 2.82. The van der Waals surface area contributed by atoms with E-state index in [0.717, 1.165) is 10.9 Å². The number of para-hydroxylation sites is 1. The molecule has 0 atom stereocenters. The third kappa shape index (κ3) is 3.98. The Morgan fingerprint density at radius 3 is 2.75 bits per heavy atom. The Balaban J connectivity index is 1.33. The van der Waals surface area contributed by atoms with Crippen LogP contribution in [-0.4, -0.2) is 22.5 Å². The summed E-state index contributed by atoms with van der Waals surface area (Å²) < 4.78 is 18.4. The molecule has 0 fully saturated rings. The van der Waals surface area contributed by atoms with Gasteiger partial charge in [0, 0.05) is 30.1 Å². The van der Waals surface area contributed by atoms with E-state index in [1.54, 1.807) is 18.3 Å². The first kappa shape index (κ1) is 17.7. The first-order valence-corrected chi connectivity index (χ1v) is 8.78. The largest absolute Gasteiger partial charge is 0.444 e. The van der Waals surface area contributed by atoms with E-state index >= 15 is 0 Å². The van der Waals surface area contributed by atoms with Crippen LogP contribution in [0, 0.1) is 5.82 Å². The molecule has 0 aliphatic rings. The van der Waals surface area contributed by atoms with E-state index in [1.807, 2.05) is 30.3 Å². The molecule has 4 aromatic rings. The third-order valence-corrected chi connectivity index (χ3v) is 4.19. The molecule has 0 radical (unpaired) electrons. The highest BCUT2D eigenvalue weighted by molar-refractivity contribution is 5.99. The molecule has 0 aliphatic carbocycles. The normalized spacial score (nSPS) is 10.8. The molecule has 2 aromatic carbocycles. The molecule has 0 unspecified atom stereocenters. The number of carbonyl (C=O) groups is 1. The van der Waals surface area contributed by atoms with Crippen molar-refractivity contribution < 1.29 is 13.6 Å². The molecule has 2 amide bonds. The van der Waals surface area contributed by atoms with Crippen LogP contribution in [0.25, 0.3) is 22.4 Å². The Hall–Kier alpha value is -3.74. The maximum Gasteiger partial charge on any atom is 0.319 e. The second-order valence-corrected chi connectivity index (χ2v) is 6.16. The first-order valence-electron chi connectivity index (χ1n) is 8.78. The molecule has 140 valence electrons. The molecule has 0 bridgehead atoms. The van der Waals surface area contributed by atoms with Gasteiger partial charge in [-0.1, -0.05) is 18.2 Å². The van der Waals surface area contributed by atoms with Gasteiger partial charge in [0.25, 0.3) is 0 Å². The van der Waals surface area contributed by atoms with Gasteiger partial charge in [0.2, 0.25) is 5.89 Å². The summed E-state index contributed by atoms with van der Waals surface area (Å²) in [5, 5.41) is 6.56. The lowest BCUT2D eigenvalue weighted by Crippen LogP contribution is -2.30. The number of benzene rings is 2. The molecule has 0 saturated carbocycles. The van der Waals surface area contributed by atoms with Crippen molar-refractivity contribution in [1.82, 2.24) is 15.3 Å². The van der Waals surface area contributed by atoms with Gasteiger partial charge in [0.1, 0.15) is 12.1 Å². The van der Waals surface area contributed by atoms with Gasteiger partial charge >= 0.3 is 6.03 Å². The van der Waals surface area contributed by atoms with Gasteiger partial charge in [0.15, 0.2) is 0 Å². The average Bonchev–Trinajstić information content (AvgIpc) is 3.18. The lowest BCUT2D eigenvalue weighted by atomic mass is 10.2. The maximum atomic E-state index is 13.0. The summed E-state index contributed by atoms with van der Waals surface area (Å²) in [7, 11) is 0. The quantitative estimate of drug-likeness (QED) is 0.541. The van der Waals surface area contributed by atoms with Gasteiger partial charge in [-0.3, -0.25) is 4.98 Å². The van der Waals surface area contributed by atoms with Crippen molar-refractivity contribution >= 4 is 22.6 Å². The Bertz CT molecular complexity index is 1100. The number of hydrogen-bond donors (Lipinski definition) is 2. The first-order chi connectivity index (χ1) is 13.7. The van der Waals surface area contributed by atoms with E-state index < -0.39 is 0 Å². The fourth-order valence-corrected chi connectivity index (χ4v) is 2.82. The second kappa shape index (κ2) is 7.87. The van der Waals surface area contributed by atoms with Gasteiger partial charge in [-0.05, 0) is 36.4 Å². The Morgan fingerprint density at radius 1 is 1.07 bits per heavy atom. The summed E-state index contributed by atoms with van der Waals surface area (Å²) in [6, 6.07) is 15.0. The predicted molar refractivity (Wildman–Crippen MR) is 104 cm³/mol. The Kier molecular flexibility index (Phi) is 4.97. The Morgan fingerprint density at radius 2 is 1.89 bits per heavy atom. The number of carbonyl (C=O) groups excluding carboxylic acids is 1. The van der Waals surface area contributed by atoms with Crippen molar-refractivity contribution in [2.75, 3.05) is 11.9 Å². The summed E-state index contributed by atoms with van der Waals surface area (Å²) in [5.41, 5.74) is 2.78. The van der Waals surface area contributed by atoms with Gasteiger partial charge in [-0.25, -0.2) is 14.2 Å². The van der Waals surface area contributed by atoms with Crippen LogP contribution < -0.4 is 10.6 Å². The van der Waals surface area contributed by atoms with Crippen LogP contribution in [0.3, 0.4) is 0 Å². The van der Waals surface area contributed by atoms with E-state index in [4.69, 9.17) is 4.42 Å². The molecule has 7 heteroatoms. The van der Waals surface area contributed by atoms with Crippen molar-refractivity contribution in [3.8, 4) is 11.5 Å². The van der Waals surface area contributed by atoms with Gasteiger partial charge in [-0.2, -0.15) is 0 Å². The van der Waals surface area contributed by atoms with Crippen LogP contribution in [0.2, 0.25) is 0 Å². The Labute approximate surface area is 160 Å². The minimum absolute atomic E-state index is 0.313. The molecule has 0 saturated heterocycles. The van der Waals surface area contributed by atoms with E-state index in [0.29, 0.717) is 35.8 Å². The summed E-state index contributed by atoms with van der Waals surface area (Å²) >= 11 is 0. The molecule has 0 aliphatic heterocycles. The average molecular weight is 376 g/mol. The van der Waals surface area contributed by atoms with Crippen LogP contribution in [0.5, 0.6) is 0 Å². The van der Waals surface area contributed by atoms with Crippen LogP contribution in [0.15, 0.2) is 71.5 Å². The molecule has 6 nitrogen and oxygen atoms in total. The van der Waals surface area contributed by atoms with Crippen LogP contribution in [0.4, 0.5) is 14.9 Å². The van der Waals surface area contributed by atoms with Crippen LogP contribution in [0.1, 0.15) is 5.69 Å². The van der Waals surface area contributed by atoms with E-state index in [1.165, 1.54) is 18.4 Å². The molecule has 2 N–H and O–H groups in total. The number of oxazole rings is 1. The number of halogens is 1. The highest BCUT2D eigenvalue weighted by atomic mass is 19.1. The molecule has 4 rings (SSSR count). The number of pyridine rings is 1. The smallest absolute Gasteiger partial charge is 0.319 e. The molecule has 2 heterocycles. The van der Waals surface area contributed by atoms with Gasteiger partial charge in [-0.15, -0.1) is 0 Å². The number of hydrogen-bond acceptors (Lipinski definition) is 4. The maximum absolute atomic E-state index is 13.0. The molecule has 2 aromatic heterocycles. The van der Waals surface area contributed by atoms with Gasteiger partial charge < -0.3 is 15.1 Å². The number of nitrogens with zero attached hydrogens (tertiary/aromatic N) is 2. The predicted octanol–water partition coefficient (Wildman–Crippen LogP) is 4.39. The van der Waals surface area contributed by atoms with E-state index in [-0.39, 0.29) is 11.8 Å². The van der Waals surface area contributed by atoms with Crippen LogP contribution >= 0.6 is 0 Å². The number of aromatic nitrogens is 2. The lowest BCUT2D eigenvalue weighted by Gasteiger charge is -2.09. The monoisotopic (exact) mass is 376 g/mol. The number of nitrogens with one attached hydrogen (secondary N) is 2. The number of urea groups is 1. The van der Waals surface area contributed by atoms with Crippen molar-refractivity contribution in [3.05, 3.63) is 78.6 Å². The number of fused-ring (bicyclic) bond motifs is 1. The van der Waals surface area contributed by atoms with Crippen molar-refractivity contribution in [1.29, 1.82) is 0 Å². The van der Waals surface area contributed by atoms with Crippen LogP contribution in [-0.2, 0) is 6.42 Å². The zero-order valence-electron chi connectivity index (χ0n) is 14.9. The fraction of sp³-hybridized carbons (Fsp3) is 0.0952. The number of anilines is 1. The van der Waals surface area contributed by atoms with Crippen molar-refractivity contribution in [3.63, 3.8) is 0 Å². The number of rotatable bonds is 5. The zero-order chi connectivity index (χ0) is 19.3. The topological polar surface area (TPSA) is 80.0 Å². The third-order valence-electron chi connectivity index (χ3n) is 4.19. The summed E-state index contributed by atoms with van der Waals surface area (Å²) in [6.07, 6.45) is 3.73. The summed E-state index contributed by atoms with van der Waals surface area (Å²) in [6.45, 7) is 0.388. The summed E-state index contributed by atoms with van der Waals surface area (Å²) in [4.78, 5) is 20.8. The second-order valence-electron chi connectivity index (χ2n) is 6.16. The molecule has 28 heavy (non-hydrogen) atoms. The van der Waals surface area contributed by atoms with Gasteiger partial charge in [0.05, 0.1) is 16.9 Å². The standard InChI is InChI=1S/C21H17FN4O2/c22-16-8-6-15(7-9-16)20-25-17(13-28-20)10-12-24-21(27)26-18-5-1-3-14-4-2-11-23-19(14)18/h1-9,11,13H,10,12H2,(H2,24,26,27). The van der Waals surface area contributed by atoms with E-state index in [9.17, 15) is 9.18 Å². The van der Waals surface area contributed by atoms with E-state index in [2.05, 4.69) is 20.6 Å². The molecule has 0 spiro atoms. The number of amides is 2.